The second kappa shape index (κ2) is 5.77. The van der Waals surface area contributed by atoms with Gasteiger partial charge in [0, 0.05) is 11.1 Å². The van der Waals surface area contributed by atoms with Crippen molar-refractivity contribution in [2.24, 2.45) is 0 Å². The first-order valence-electron chi connectivity index (χ1n) is 5.96. The lowest BCUT2D eigenvalue weighted by Crippen LogP contribution is -2.17. The van der Waals surface area contributed by atoms with Gasteiger partial charge in [-0.1, -0.05) is 55.5 Å². The predicted molar refractivity (Wildman–Crippen MR) is 79.3 cm³/mol. The average Bonchev–Trinajstić information content (AvgIpc) is 2.40. The van der Waals surface area contributed by atoms with Crippen LogP contribution in [0, 0.1) is 0 Å². The van der Waals surface area contributed by atoms with Crippen molar-refractivity contribution in [2.45, 2.75) is 17.6 Å². The molecule has 1 aliphatic rings. The van der Waals surface area contributed by atoms with Crippen LogP contribution in [0.5, 0.6) is 0 Å². The van der Waals surface area contributed by atoms with Crippen LogP contribution in [0.25, 0.3) is 0 Å². The van der Waals surface area contributed by atoms with E-state index in [1.54, 1.807) is 11.8 Å². The highest BCUT2D eigenvalue weighted by Gasteiger charge is 2.26. The van der Waals surface area contributed by atoms with Gasteiger partial charge >= 0.3 is 0 Å². The Morgan fingerprint density at radius 1 is 1.39 bits per heavy atom. The number of alkyl halides is 1. The van der Waals surface area contributed by atoms with Crippen molar-refractivity contribution >= 4 is 29.1 Å². The van der Waals surface area contributed by atoms with E-state index in [0.717, 1.165) is 16.9 Å². The average molecular weight is 279 g/mol. The fourth-order valence-corrected chi connectivity index (χ4v) is 3.18. The largest absolute Gasteiger partial charge is 0.289 e. The monoisotopic (exact) mass is 278 g/mol. The first-order chi connectivity index (χ1) is 8.64. The Labute approximate surface area is 117 Å². The number of allylic oxidation sites excluding steroid dienone is 3. The van der Waals surface area contributed by atoms with E-state index in [9.17, 15) is 4.79 Å². The van der Waals surface area contributed by atoms with Crippen LogP contribution in [0.2, 0.25) is 0 Å². The van der Waals surface area contributed by atoms with Crippen molar-refractivity contribution in [2.75, 3.05) is 5.75 Å². The number of halogens is 1. The molecule has 0 fully saturated rings. The lowest BCUT2D eigenvalue weighted by Gasteiger charge is -2.24. The number of thioether (sulfide) groups is 1. The van der Waals surface area contributed by atoms with Gasteiger partial charge in [-0.3, -0.25) is 4.79 Å². The standard InChI is InChI=1S/C15H15ClOS/c1-2-18-15(16)10-8-13(9-11-15)14(17)12-6-4-3-5-7-12/h3-10H,2,11H2,1H3. The molecule has 0 bridgehead atoms. The first kappa shape index (κ1) is 13.4. The molecule has 2 rings (SSSR count). The number of Topliss-reactive ketones (excluding diaryl/α,β-unsaturated/α-hetero) is 1. The van der Waals surface area contributed by atoms with Gasteiger partial charge in [0.2, 0.25) is 0 Å². The molecule has 0 spiro atoms. The maximum atomic E-state index is 12.2. The number of carbonyl (C=O) groups excluding carboxylic acids is 1. The molecule has 0 N–H and O–H groups in total. The summed E-state index contributed by atoms with van der Waals surface area (Å²) in [4.78, 5) is 12.2. The lowest BCUT2D eigenvalue weighted by atomic mass is 9.98. The Morgan fingerprint density at radius 3 is 2.67 bits per heavy atom. The molecule has 0 aliphatic heterocycles. The molecule has 1 unspecified atom stereocenters. The van der Waals surface area contributed by atoms with Crippen molar-refractivity contribution in [3.8, 4) is 0 Å². The number of carbonyl (C=O) groups is 1. The van der Waals surface area contributed by atoms with Gasteiger partial charge in [-0.25, -0.2) is 0 Å². The number of hydrogen-bond acceptors (Lipinski definition) is 2. The van der Waals surface area contributed by atoms with Gasteiger partial charge in [-0.05, 0) is 12.2 Å². The molecular formula is C15H15ClOS. The van der Waals surface area contributed by atoms with Crippen molar-refractivity contribution in [3.05, 3.63) is 59.7 Å². The smallest absolute Gasteiger partial charge is 0.192 e. The van der Waals surface area contributed by atoms with Gasteiger partial charge in [0.15, 0.2) is 5.78 Å². The van der Waals surface area contributed by atoms with Crippen LogP contribution in [-0.4, -0.2) is 15.7 Å². The zero-order valence-corrected chi connectivity index (χ0v) is 11.8. The Kier molecular flexibility index (Phi) is 4.31. The number of rotatable bonds is 4. The third kappa shape index (κ3) is 3.06. The molecule has 18 heavy (non-hydrogen) atoms. The minimum atomic E-state index is -0.380. The Bertz CT molecular complexity index is 492. The molecule has 94 valence electrons. The SMILES string of the molecule is CCSC1(Cl)C=CC(C(=O)c2ccccc2)=CC1. The Morgan fingerprint density at radius 2 is 2.11 bits per heavy atom. The molecule has 0 saturated carbocycles. The van der Waals surface area contributed by atoms with Crippen LogP contribution < -0.4 is 0 Å². The molecular weight excluding hydrogens is 264 g/mol. The van der Waals surface area contributed by atoms with Crippen LogP contribution in [0.4, 0.5) is 0 Å². The van der Waals surface area contributed by atoms with Crippen molar-refractivity contribution in [1.29, 1.82) is 0 Å². The topological polar surface area (TPSA) is 17.1 Å². The molecule has 0 heterocycles. The van der Waals surface area contributed by atoms with Gasteiger partial charge < -0.3 is 0 Å². The van der Waals surface area contributed by atoms with Crippen LogP contribution in [-0.2, 0) is 0 Å². The fourth-order valence-electron chi connectivity index (χ4n) is 1.87. The summed E-state index contributed by atoms with van der Waals surface area (Å²) in [7, 11) is 0. The van der Waals surface area contributed by atoms with Crippen LogP contribution in [0.15, 0.2) is 54.1 Å². The Hall–Kier alpha value is -0.990. The van der Waals surface area contributed by atoms with E-state index in [-0.39, 0.29) is 9.99 Å². The maximum Gasteiger partial charge on any atom is 0.192 e. The number of ketones is 1. The second-order valence-corrected chi connectivity index (χ2v) is 6.60. The van der Waals surface area contributed by atoms with Gasteiger partial charge in [-0.2, -0.15) is 0 Å². The molecule has 1 atom stereocenters. The van der Waals surface area contributed by atoms with Gasteiger partial charge in [0.25, 0.3) is 0 Å². The van der Waals surface area contributed by atoms with E-state index in [1.165, 1.54) is 0 Å². The molecule has 0 amide bonds. The minimum absolute atomic E-state index is 0.0621. The predicted octanol–water partition coefficient (Wildman–Crippen LogP) is 4.44. The van der Waals surface area contributed by atoms with Crippen molar-refractivity contribution in [3.63, 3.8) is 0 Å². The summed E-state index contributed by atoms with van der Waals surface area (Å²) in [5.41, 5.74) is 1.45. The highest BCUT2D eigenvalue weighted by atomic mass is 35.5. The fraction of sp³-hybridized carbons (Fsp3) is 0.267. The summed E-state index contributed by atoms with van der Waals surface area (Å²) in [6, 6.07) is 9.32. The van der Waals surface area contributed by atoms with Gasteiger partial charge in [0.05, 0.1) is 0 Å². The van der Waals surface area contributed by atoms with Crippen LogP contribution >= 0.6 is 23.4 Å². The molecule has 0 saturated heterocycles. The van der Waals surface area contributed by atoms with E-state index >= 15 is 0 Å². The summed E-state index contributed by atoms with van der Waals surface area (Å²) < 4.78 is -0.380. The van der Waals surface area contributed by atoms with Crippen molar-refractivity contribution in [1.82, 2.24) is 0 Å². The number of hydrogen-bond donors (Lipinski definition) is 0. The zero-order chi connectivity index (χ0) is 13.0. The quantitative estimate of drug-likeness (QED) is 0.598. The maximum absolute atomic E-state index is 12.2. The highest BCUT2D eigenvalue weighted by Crippen LogP contribution is 2.38. The van der Waals surface area contributed by atoms with Crippen LogP contribution in [0.3, 0.4) is 0 Å². The van der Waals surface area contributed by atoms with E-state index in [4.69, 9.17) is 11.6 Å². The summed E-state index contributed by atoms with van der Waals surface area (Å²) >= 11 is 8.10. The minimum Gasteiger partial charge on any atom is -0.289 e. The molecule has 0 aromatic heterocycles. The summed E-state index contributed by atoms with van der Waals surface area (Å²) in [6.45, 7) is 2.08. The third-order valence-electron chi connectivity index (χ3n) is 2.79. The molecule has 1 aromatic carbocycles. The molecule has 0 radical (unpaired) electrons. The van der Waals surface area contributed by atoms with E-state index in [0.29, 0.717) is 6.42 Å². The van der Waals surface area contributed by atoms with E-state index in [1.807, 2.05) is 48.6 Å². The van der Waals surface area contributed by atoms with Crippen molar-refractivity contribution < 1.29 is 4.79 Å². The van der Waals surface area contributed by atoms with E-state index < -0.39 is 0 Å². The van der Waals surface area contributed by atoms with Crippen LogP contribution in [0.1, 0.15) is 23.7 Å². The molecule has 1 nitrogen and oxygen atoms in total. The van der Waals surface area contributed by atoms with E-state index in [2.05, 4.69) is 6.92 Å². The summed E-state index contributed by atoms with van der Waals surface area (Å²) in [5.74, 6) is 1.02. The van der Waals surface area contributed by atoms with Gasteiger partial charge in [0.1, 0.15) is 4.21 Å². The second-order valence-electron chi connectivity index (χ2n) is 4.11. The first-order valence-corrected chi connectivity index (χ1v) is 7.33. The lowest BCUT2D eigenvalue weighted by molar-refractivity contribution is 0.103. The van der Waals surface area contributed by atoms with Gasteiger partial charge in [-0.15, -0.1) is 23.4 Å². The third-order valence-corrected chi connectivity index (χ3v) is 4.47. The summed E-state index contributed by atoms with van der Waals surface area (Å²) in [5, 5.41) is 0. The molecule has 1 aromatic rings. The number of benzene rings is 1. The zero-order valence-electron chi connectivity index (χ0n) is 10.2. The molecule has 3 heteroatoms. The highest BCUT2D eigenvalue weighted by molar-refractivity contribution is 8.02. The molecule has 1 aliphatic carbocycles. The normalized spacial score (nSPS) is 22.7. The Balaban J connectivity index is 2.12. The summed E-state index contributed by atoms with van der Waals surface area (Å²) in [6.07, 6.45) is 6.40.